The van der Waals surface area contributed by atoms with Crippen molar-refractivity contribution < 1.29 is 9.59 Å². The molecule has 2 amide bonds. The lowest BCUT2D eigenvalue weighted by Crippen LogP contribution is -2.32. The molecule has 0 N–H and O–H groups in total. The van der Waals surface area contributed by atoms with Crippen molar-refractivity contribution in [3.63, 3.8) is 0 Å². The predicted molar refractivity (Wildman–Crippen MR) is 68.7 cm³/mol. The summed E-state index contributed by atoms with van der Waals surface area (Å²) in [4.78, 5) is 24.9. The average Bonchev–Trinajstić information content (AvgIpc) is 2.86. The van der Waals surface area contributed by atoms with Crippen LogP contribution in [0.2, 0.25) is 10.0 Å². The zero-order valence-corrected chi connectivity index (χ0v) is 11.0. The van der Waals surface area contributed by atoms with Crippen molar-refractivity contribution in [3.8, 4) is 0 Å². The molecule has 2 saturated heterocycles. The smallest absolute Gasteiger partial charge is 0.230 e. The van der Waals surface area contributed by atoms with Gasteiger partial charge in [-0.2, -0.15) is 0 Å². The Morgan fingerprint density at radius 1 is 1.11 bits per heavy atom. The van der Waals surface area contributed by atoms with Gasteiger partial charge in [0.05, 0.1) is 10.0 Å². The van der Waals surface area contributed by atoms with Gasteiger partial charge in [-0.05, 0) is 24.1 Å². The molecule has 3 nitrogen and oxygen atoms in total. The molecule has 1 aromatic rings. The van der Waals surface area contributed by atoms with E-state index in [0.29, 0.717) is 22.9 Å². The van der Waals surface area contributed by atoms with Crippen LogP contribution in [0.25, 0.3) is 0 Å². The van der Waals surface area contributed by atoms with Crippen LogP contribution < -0.4 is 0 Å². The zero-order chi connectivity index (χ0) is 12.9. The first-order chi connectivity index (χ1) is 8.58. The monoisotopic (exact) mass is 283 g/mol. The molecular formula is C13H11Cl2NO2. The molecule has 0 aliphatic carbocycles. The molecule has 2 aliphatic heterocycles. The van der Waals surface area contributed by atoms with E-state index in [-0.39, 0.29) is 23.8 Å². The SMILES string of the molecule is O=C1CCC2C(c3ccc(Cl)c(Cl)c3)CC(=O)N12. The van der Waals surface area contributed by atoms with Crippen molar-refractivity contribution in [1.82, 2.24) is 4.90 Å². The van der Waals surface area contributed by atoms with Crippen molar-refractivity contribution in [1.29, 1.82) is 0 Å². The second-order valence-corrected chi connectivity index (χ2v) is 5.56. The second-order valence-electron chi connectivity index (χ2n) is 4.75. The Kier molecular flexibility index (Phi) is 2.83. The van der Waals surface area contributed by atoms with Crippen molar-refractivity contribution in [3.05, 3.63) is 33.8 Å². The standard InChI is InChI=1S/C13H11Cl2NO2/c14-9-2-1-7(5-10(9)15)8-6-13(18)16-11(8)3-4-12(16)17/h1-2,5,8,11H,3-4,6H2. The van der Waals surface area contributed by atoms with E-state index in [2.05, 4.69) is 0 Å². The van der Waals surface area contributed by atoms with E-state index in [9.17, 15) is 9.59 Å². The lowest BCUT2D eigenvalue weighted by atomic mass is 9.90. The van der Waals surface area contributed by atoms with Crippen molar-refractivity contribution >= 4 is 35.0 Å². The highest BCUT2D eigenvalue weighted by atomic mass is 35.5. The molecular weight excluding hydrogens is 273 g/mol. The summed E-state index contributed by atoms with van der Waals surface area (Å²) in [5.41, 5.74) is 0.986. The molecule has 94 valence electrons. The van der Waals surface area contributed by atoms with E-state index in [1.807, 2.05) is 6.07 Å². The fourth-order valence-electron chi connectivity index (χ4n) is 2.92. The average molecular weight is 284 g/mol. The Hall–Kier alpha value is -1.06. The number of hydrogen-bond donors (Lipinski definition) is 0. The van der Waals surface area contributed by atoms with Gasteiger partial charge in [-0.3, -0.25) is 14.5 Å². The largest absolute Gasteiger partial charge is 0.279 e. The van der Waals surface area contributed by atoms with E-state index in [1.165, 1.54) is 4.90 Å². The molecule has 0 spiro atoms. The summed E-state index contributed by atoms with van der Waals surface area (Å²) >= 11 is 11.9. The molecule has 0 bridgehead atoms. The van der Waals surface area contributed by atoms with Gasteiger partial charge in [0.25, 0.3) is 0 Å². The van der Waals surface area contributed by atoms with E-state index in [0.717, 1.165) is 12.0 Å². The van der Waals surface area contributed by atoms with Crippen molar-refractivity contribution in [2.75, 3.05) is 0 Å². The van der Waals surface area contributed by atoms with Gasteiger partial charge in [0, 0.05) is 24.8 Å². The first-order valence-electron chi connectivity index (χ1n) is 5.88. The number of amides is 2. The van der Waals surface area contributed by atoms with Gasteiger partial charge < -0.3 is 0 Å². The maximum atomic E-state index is 11.8. The highest BCUT2D eigenvalue weighted by Crippen LogP contribution is 2.41. The number of rotatable bonds is 1. The number of nitrogens with zero attached hydrogens (tertiary/aromatic N) is 1. The minimum absolute atomic E-state index is 0.00208. The highest BCUT2D eigenvalue weighted by Gasteiger charge is 2.47. The van der Waals surface area contributed by atoms with Crippen LogP contribution in [0.3, 0.4) is 0 Å². The van der Waals surface area contributed by atoms with Gasteiger partial charge in [0.15, 0.2) is 0 Å². The lowest BCUT2D eigenvalue weighted by Gasteiger charge is -2.19. The predicted octanol–water partition coefficient (Wildman–Crippen LogP) is 3.00. The summed E-state index contributed by atoms with van der Waals surface area (Å²) in [7, 11) is 0. The number of hydrogen-bond acceptors (Lipinski definition) is 2. The van der Waals surface area contributed by atoms with E-state index >= 15 is 0 Å². The Bertz CT molecular complexity index is 544. The minimum Gasteiger partial charge on any atom is -0.279 e. The van der Waals surface area contributed by atoms with Gasteiger partial charge >= 0.3 is 0 Å². The number of fused-ring (bicyclic) bond motifs is 1. The molecule has 1 aromatic carbocycles. The molecule has 0 aromatic heterocycles. The van der Waals surface area contributed by atoms with E-state index in [1.54, 1.807) is 12.1 Å². The van der Waals surface area contributed by atoms with Crippen LogP contribution in [-0.2, 0) is 9.59 Å². The van der Waals surface area contributed by atoms with Crippen LogP contribution in [0.4, 0.5) is 0 Å². The van der Waals surface area contributed by atoms with Crippen molar-refractivity contribution in [2.45, 2.75) is 31.2 Å². The summed E-state index contributed by atoms with van der Waals surface area (Å²) in [5.74, 6) is -0.0650. The van der Waals surface area contributed by atoms with E-state index in [4.69, 9.17) is 23.2 Å². The fourth-order valence-corrected chi connectivity index (χ4v) is 3.22. The van der Waals surface area contributed by atoms with Gasteiger partial charge in [-0.15, -0.1) is 0 Å². The Morgan fingerprint density at radius 3 is 2.61 bits per heavy atom. The van der Waals surface area contributed by atoms with Crippen LogP contribution >= 0.6 is 23.2 Å². The summed E-state index contributed by atoms with van der Waals surface area (Å²) in [6.45, 7) is 0. The van der Waals surface area contributed by atoms with Crippen LogP contribution in [0.15, 0.2) is 18.2 Å². The number of benzene rings is 1. The van der Waals surface area contributed by atoms with Gasteiger partial charge in [-0.1, -0.05) is 29.3 Å². The Balaban J connectivity index is 1.96. The molecule has 2 aliphatic rings. The number of carbonyl (C=O) groups excluding carboxylic acids is 2. The number of imide groups is 1. The summed E-state index contributed by atoms with van der Waals surface area (Å²) in [6, 6.07) is 5.43. The lowest BCUT2D eigenvalue weighted by molar-refractivity contribution is -0.140. The molecule has 0 radical (unpaired) electrons. The van der Waals surface area contributed by atoms with Gasteiger partial charge in [0.2, 0.25) is 11.8 Å². The summed E-state index contributed by atoms with van der Waals surface area (Å²) < 4.78 is 0. The van der Waals surface area contributed by atoms with Gasteiger partial charge in [0.1, 0.15) is 0 Å². The molecule has 2 fully saturated rings. The van der Waals surface area contributed by atoms with Gasteiger partial charge in [-0.25, -0.2) is 0 Å². The normalized spacial score (nSPS) is 26.9. The maximum Gasteiger partial charge on any atom is 0.230 e. The topological polar surface area (TPSA) is 37.4 Å². The first kappa shape index (κ1) is 12.0. The Labute approximate surface area is 115 Å². The first-order valence-corrected chi connectivity index (χ1v) is 6.63. The maximum absolute atomic E-state index is 11.8. The third-order valence-corrected chi connectivity index (χ3v) is 4.49. The fraction of sp³-hybridized carbons (Fsp3) is 0.385. The molecule has 0 saturated carbocycles. The zero-order valence-electron chi connectivity index (χ0n) is 9.53. The Morgan fingerprint density at radius 2 is 1.89 bits per heavy atom. The highest BCUT2D eigenvalue weighted by molar-refractivity contribution is 6.42. The molecule has 2 atom stereocenters. The summed E-state index contributed by atoms with van der Waals surface area (Å²) in [5, 5.41) is 0.994. The molecule has 2 unspecified atom stereocenters. The van der Waals surface area contributed by atoms with Crippen LogP contribution in [0.5, 0.6) is 0 Å². The minimum atomic E-state index is -0.0708. The number of carbonyl (C=O) groups is 2. The van der Waals surface area contributed by atoms with Crippen LogP contribution in [-0.4, -0.2) is 22.8 Å². The molecule has 2 heterocycles. The quantitative estimate of drug-likeness (QED) is 0.743. The summed E-state index contributed by atoms with van der Waals surface area (Å²) in [6.07, 6.45) is 1.60. The third kappa shape index (κ3) is 1.73. The van der Waals surface area contributed by atoms with Crippen molar-refractivity contribution in [2.24, 2.45) is 0 Å². The second kappa shape index (κ2) is 4.25. The van der Waals surface area contributed by atoms with Crippen LogP contribution in [0, 0.1) is 0 Å². The number of halogens is 2. The molecule has 5 heteroatoms. The molecule has 18 heavy (non-hydrogen) atoms. The van der Waals surface area contributed by atoms with Crippen LogP contribution in [0.1, 0.15) is 30.7 Å². The third-order valence-electron chi connectivity index (χ3n) is 3.75. The van der Waals surface area contributed by atoms with E-state index < -0.39 is 0 Å². The molecule has 3 rings (SSSR count).